The Kier molecular flexibility index (Phi) is 13.0. The normalized spacial score (nSPS) is 11.8. The quantitative estimate of drug-likeness (QED) is 0.168. The van der Waals surface area contributed by atoms with Gasteiger partial charge in [-0.05, 0) is 44.2 Å². The number of nitrogens with one attached hydrogen (secondary N) is 2. The number of aryl methyl sites for hydroxylation is 2. The Morgan fingerprint density at radius 2 is 1.84 bits per heavy atom. The van der Waals surface area contributed by atoms with Crippen LogP contribution in [0.4, 0.5) is 13.2 Å². The van der Waals surface area contributed by atoms with Crippen LogP contribution >= 0.6 is 35.3 Å². The van der Waals surface area contributed by atoms with E-state index in [0.717, 1.165) is 49.6 Å². The minimum absolute atomic E-state index is 0. The summed E-state index contributed by atoms with van der Waals surface area (Å²) in [7, 11) is 0. The van der Waals surface area contributed by atoms with Gasteiger partial charge in [0.25, 0.3) is 0 Å². The molecule has 0 aliphatic heterocycles. The van der Waals surface area contributed by atoms with Gasteiger partial charge in [-0.3, -0.25) is 0 Å². The lowest BCUT2D eigenvalue weighted by atomic mass is 10.1. The van der Waals surface area contributed by atoms with Crippen LogP contribution < -0.4 is 10.6 Å². The van der Waals surface area contributed by atoms with E-state index in [-0.39, 0.29) is 30.6 Å². The zero-order chi connectivity index (χ0) is 21.8. The highest BCUT2D eigenvalue weighted by Gasteiger charge is 2.27. The van der Waals surface area contributed by atoms with Crippen molar-refractivity contribution < 1.29 is 17.9 Å². The van der Waals surface area contributed by atoms with E-state index in [4.69, 9.17) is 0 Å². The van der Waals surface area contributed by atoms with E-state index in [0.29, 0.717) is 12.1 Å². The molecule has 174 valence electrons. The van der Waals surface area contributed by atoms with Crippen molar-refractivity contribution in [1.82, 2.24) is 15.6 Å². The number of alkyl halides is 3. The number of halogens is 4. The van der Waals surface area contributed by atoms with Gasteiger partial charge in [-0.2, -0.15) is 13.2 Å². The Morgan fingerprint density at radius 3 is 2.45 bits per heavy atom. The van der Waals surface area contributed by atoms with Gasteiger partial charge < -0.3 is 15.4 Å². The molecule has 0 aliphatic rings. The average molecular weight is 570 g/mol. The number of nitrogens with zero attached hydrogens (tertiary/aromatic N) is 2. The fourth-order valence-corrected chi connectivity index (χ4v) is 3.48. The van der Waals surface area contributed by atoms with E-state index < -0.39 is 12.8 Å². The maximum Gasteiger partial charge on any atom is 0.411 e. The first-order chi connectivity index (χ1) is 14.4. The summed E-state index contributed by atoms with van der Waals surface area (Å²) in [4.78, 5) is 9.04. The zero-order valence-electron chi connectivity index (χ0n) is 17.8. The predicted octanol–water partition coefficient (Wildman–Crippen LogP) is 5.23. The molecule has 5 nitrogen and oxygen atoms in total. The summed E-state index contributed by atoms with van der Waals surface area (Å²) in [5.74, 6) is 0.750. The molecule has 2 rings (SSSR count). The van der Waals surface area contributed by atoms with Gasteiger partial charge in [0, 0.05) is 24.2 Å². The third kappa shape index (κ3) is 12.3. The van der Waals surface area contributed by atoms with Crippen LogP contribution in [0.25, 0.3) is 0 Å². The summed E-state index contributed by atoms with van der Waals surface area (Å²) in [6.07, 6.45) is -1.22. The predicted molar refractivity (Wildman–Crippen MR) is 130 cm³/mol. The molecule has 0 saturated carbocycles. The molecule has 2 aromatic rings. The minimum Gasteiger partial charge on any atom is -0.367 e. The van der Waals surface area contributed by atoms with Crippen molar-refractivity contribution in [1.29, 1.82) is 0 Å². The third-order valence-electron chi connectivity index (χ3n) is 4.10. The Labute approximate surface area is 202 Å². The molecule has 0 aliphatic carbocycles. The topological polar surface area (TPSA) is 58.5 Å². The number of hydrogen-bond acceptors (Lipinski definition) is 4. The van der Waals surface area contributed by atoms with Crippen LogP contribution in [-0.2, 0) is 24.3 Å². The molecule has 1 heterocycles. The molecular weight excluding hydrogens is 540 g/mol. The lowest BCUT2D eigenvalue weighted by Gasteiger charge is -2.11. The molecule has 0 amide bonds. The van der Waals surface area contributed by atoms with E-state index >= 15 is 0 Å². The van der Waals surface area contributed by atoms with Crippen LogP contribution in [0.5, 0.6) is 0 Å². The molecular formula is C21H30F3IN4OS. The standard InChI is InChI=1S/C21H29F3N4OS.HI/c1-3-25-20(26-11-5-4-6-19-28-16(2)14-30-19)27-12-17-7-9-18(10-8-17)13-29-15-21(22,23)24;/h7-10,14H,3-6,11-13,15H2,1-2H3,(H2,25,26,27);1H. The van der Waals surface area contributed by atoms with Crippen molar-refractivity contribution >= 4 is 41.3 Å². The fourth-order valence-electron chi connectivity index (χ4n) is 2.66. The first-order valence-corrected chi connectivity index (χ1v) is 10.9. The average Bonchev–Trinajstić information content (AvgIpc) is 3.11. The summed E-state index contributed by atoms with van der Waals surface area (Å²) in [6.45, 7) is 4.80. The highest BCUT2D eigenvalue weighted by molar-refractivity contribution is 14.0. The van der Waals surface area contributed by atoms with Crippen LogP contribution in [0, 0.1) is 6.92 Å². The number of thiazole rings is 1. The van der Waals surface area contributed by atoms with Crippen molar-refractivity contribution in [3.8, 4) is 0 Å². The van der Waals surface area contributed by atoms with Crippen molar-refractivity contribution in [3.05, 3.63) is 51.5 Å². The highest BCUT2D eigenvalue weighted by atomic mass is 127. The first-order valence-electron chi connectivity index (χ1n) is 10.0. The van der Waals surface area contributed by atoms with Crippen LogP contribution in [0.15, 0.2) is 34.6 Å². The maximum absolute atomic E-state index is 12.1. The van der Waals surface area contributed by atoms with E-state index in [1.165, 1.54) is 5.01 Å². The molecule has 0 bridgehead atoms. The maximum atomic E-state index is 12.1. The Morgan fingerprint density at radius 1 is 1.13 bits per heavy atom. The van der Waals surface area contributed by atoms with Gasteiger partial charge in [0.2, 0.25) is 0 Å². The van der Waals surface area contributed by atoms with Gasteiger partial charge in [-0.25, -0.2) is 9.98 Å². The molecule has 0 fully saturated rings. The molecule has 10 heteroatoms. The second kappa shape index (κ2) is 14.6. The van der Waals surface area contributed by atoms with Crippen molar-refractivity contribution in [2.75, 3.05) is 19.7 Å². The first kappa shape index (κ1) is 27.6. The number of ether oxygens (including phenoxy) is 1. The summed E-state index contributed by atoms with van der Waals surface area (Å²) in [6, 6.07) is 7.24. The third-order valence-corrected chi connectivity index (χ3v) is 5.12. The number of aliphatic imine (C=N–C) groups is 1. The van der Waals surface area contributed by atoms with Gasteiger partial charge in [0.1, 0.15) is 6.61 Å². The molecule has 1 aromatic carbocycles. The number of rotatable bonds is 11. The largest absolute Gasteiger partial charge is 0.411 e. The second-order valence-electron chi connectivity index (χ2n) is 6.89. The van der Waals surface area contributed by atoms with Gasteiger partial charge in [-0.15, -0.1) is 35.3 Å². The summed E-state index contributed by atoms with van der Waals surface area (Å²) in [5, 5.41) is 9.81. The van der Waals surface area contributed by atoms with Crippen LogP contribution in [0.2, 0.25) is 0 Å². The van der Waals surface area contributed by atoms with Gasteiger partial charge in [0.15, 0.2) is 5.96 Å². The van der Waals surface area contributed by atoms with Crippen LogP contribution in [-0.4, -0.2) is 36.8 Å². The number of hydrogen-bond donors (Lipinski definition) is 2. The van der Waals surface area contributed by atoms with E-state index in [9.17, 15) is 13.2 Å². The Hall–Kier alpha value is -1.40. The monoisotopic (exact) mass is 570 g/mol. The molecule has 0 spiro atoms. The van der Waals surface area contributed by atoms with Crippen LogP contribution in [0.1, 0.15) is 41.6 Å². The molecule has 1 aromatic heterocycles. The van der Waals surface area contributed by atoms with Gasteiger partial charge in [0.05, 0.1) is 18.2 Å². The molecule has 2 N–H and O–H groups in total. The minimum atomic E-state index is -4.30. The van der Waals surface area contributed by atoms with E-state index in [1.807, 2.05) is 26.0 Å². The fraction of sp³-hybridized carbons (Fsp3) is 0.524. The van der Waals surface area contributed by atoms with Crippen molar-refractivity contribution in [2.24, 2.45) is 4.99 Å². The lowest BCUT2D eigenvalue weighted by Crippen LogP contribution is -2.37. The molecule has 31 heavy (non-hydrogen) atoms. The lowest BCUT2D eigenvalue weighted by molar-refractivity contribution is -0.176. The Balaban J connectivity index is 0.00000480. The van der Waals surface area contributed by atoms with Gasteiger partial charge in [-0.1, -0.05) is 24.3 Å². The SMILES string of the molecule is CCNC(=NCc1ccc(COCC(F)(F)F)cc1)NCCCCc1nc(C)cs1.I. The van der Waals surface area contributed by atoms with Crippen molar-refractivity contribution in [3.63, 3.8) is 0 Å². The number of unbranched alkanes of at least 4 members (excludes halogenated alkanes) is 1. The smallest absolute Gasteiger partial charge is 0.367 e. The Bertz CT molecular complexity index is 782. The molecule has 0 unspecified atom stereocenters. The second-order valence-corrected chi connectivity index (χ2v) is 7.83. The summed E-state index contributed by atoms with van der Waals surface area (Å²) < 4.78 is 41.0. The van der Waals surface area contributed by atoms with E-state index in [1.54, 1.807) is 23.5 Å². The van der Waals surface area contributed by atoms with Crippen LogP contribution in [0.3, 0.4) is 0 Å². The highest BCUT2D eigenvalue weighted by Crippen LogP contribution is 2.16. The van der Waals surface area contributed by atoms with Gasteiger partial charge >= 0.3 is 6.18 Å². The zero-order valence-corrected chi connectivity index (χ0v) is 20.9. The summed E-state index contributed by atoms with van der Waals surface area (Å²) >= 11 is 1.71. The van der Waals surface area contributed by atoms with Crippen molar-refractivity contribution in [2.45, 2.75) is 52.4 Å². The number of benzene rings is 1. The molecule has 0 radical (unpaired) electrons. The molecule has 0 saturated heterocycles. The number of guanidine groups is 1. The van der Waals surface area contributed by atoms with E-state index in [2.05, 4.69) is 30.7 Å². The number of aromatic nitrogens is 1. The summed E-state index contributed by atoms with van der Waals surface area (Å²) in [5.41, 5.74) is 2.76. The molecule has 0 atom stereocenters.